The minimum absolute atomic E-state index is 0.0211. The number of benzene rings is 4. The maximum absolute atomic E-state index is 13.5. The predicted molar refractivity (Wildman–Crippen MR) is 153 cm³/mol. The fraction of sp³-hybridized carbons (Fsp3) is 0.250. The molecule has 4 aromatic carbocycles. The molecule has 1 amide bonds. The first-order valence-corrected chi connectivity index (χ1v) is 13.4. The first-order valence-electron chi connectivity index (χ1n) is 13.4. The number of hydrogen-bond donors (Lipinski definition) is 2. The Kier molecular flexibility index (Phi) is 7.00. The molecule has 0 spiro atoms. The average molecular weight is 521 g/mol. The lowest BCUT2D eigenvalue weighted by Crippen LogP contribution is -2.32. The molecule has 1 aliphatic heterocycles. The molecule has 0 fully saturated rings. The molecule has 0 saturated carbocycles. The van der Waals surface area contributed by atoms with Crippen molar-refractivity contribution in [1.29, 1.82) is 0 Å². The second-order valence-electron chi connectivity index (χ2n) is 9.97. The number of methoxy groups -OCH3 is 1. The molecule has 0 unspecified atom stereocenters. The third-order valence-corrected chi connectivity index (χ3v) is 7.65. The molecular formula is C32H32N4O3. The third kappa shape index (κ3) is 4.87. The summed E-state index contributed by atoms with van der Waals surface area (Å²) in [6.45, 7) is 3.00. The maximum atomic E-state index is 13.5. The first kappa shape index (κ1) is 25.1. The van der Waals surface area contributed by atoms with Gasteiger partial charge in [0, 0.05) is 49.2 Å². The van der Waals surface area contributed by atoms with E-state index in [1.807, 2.05) is 41.1 Å². The minimum Gasteiger partial charge on any atom is -0.496 e. The molecule has 2 heterocycles. The molecule has 0 aliphatic carbocycles. The molecule has 0 saturated heterocycles. The van der Waals surface area contributed by atoms with Gasteiger partial charge in [-0.15, -0.1) is 0 Å². The lowest BCUT2D eigenvalue weighted by molar-refractivity contribution is 0.0942. The number of carbonyl (C=O) groups is 1. The van der Waals surface area contributed by atoms with E-state index in [-0.39, 0.29) is 12.5 Å². The van der Waals surface area contributed by atoms with Gasteiger partial charge in [-0.3, -0.25) is 14.4 Å². The number of carbonyl (C=O) groups excluding carboxylic acids is 1. The Balaban J connectivity index is 1.25. The van der Waals surface area contributed by atoms with Crippen molar-refractivity contribution in [2.75, 3.05) is 20.3 Å². The number of aromatic nitrogens is 2. The Labute approximate surface area is 227 Å². The van der Waals surface area contributed by atoms with Crippen molar-refractivity contribution < 1.29 is 14.6 Å². The van der Waals surface area contributed by atoms with Crippen LogP contribution in [-0.4, -0.2) is 46.0 Å². The third-order valence-electron chi connectivity index (χ3n) is 7.65. The van der Waals surface area contributed by atoms with Gasteiger partial charge in [0.1, 0.15) is 5.75 Å². The minimum atomic E-state index is -0.187. The van der Waals surface area contributed by atoms with Gasteiger partial charge in [-0.2, -0.15) is 5.10 Å². The van der Waals surface area contributed by atoms with Crippen LogP contribution in [0.5, 0.6) is 5.75 Å². The number of nitrogens with one attached hydrogen (secondary N) is 1. The molecular weight excluding hydrogens is 488 g/mol. The molecule has 39 heavy (non-hydrogen) atoms. The first-order chi connectivity index (χ1) is 19.2. The molecule has 6 rings (SSSR count). The summed E-state index contributed by atoms with van der Waals surface area (Å²) >= 11 is 0. The van der Waals surface area contributed by atoms with Crippen molar-refractivity contribution in [3.05, 3.63) is 107 Å². The standard InChI is InChI=1S/C32H32N4O3/c1-39-30-14-13-24(26-11-4-5-12-27(26)30)20-35-16-15-29-28(21-35)31(34-36(29)17-18-37)32(38)33-19-23-9-6-8-22-7-2-3-10-25(22)23/h2-14,37H,15-21H2,1H3,(H,33,38). The molecule has 2 N–H and O–H groups in total. The number of ether oxygens (including phenoxy) is 1. The summed E-state index contributed by atoms with van der Waals surface area (Å²) in [5, 5.41) is 22.0. The zero-order valence-electron chi connectivity index (χ0n) is 22.1. The van der Waals surface area contributed by atoms with Crippen molar-refractivity contribution >= 4 is 27.5 Å². The predicted octanol–water partition coefficient (Wildman–Crippen LogP) is 4.68. The quantitative estimate of drug-likeness (QED) is 0.311. The zero-order valence-corrected chi connectivity index (χ0v) is 22.1. The lowest BCUT2D eigenvalue weighted by Gasteiger charge is -2.28. The molecule has 0 atom stereocenters. The smallest absolute Gasteiger partial charge is 0.272 e. The molecule has 0 bridgehead atoms. The molecule has 7 nitrogen and oxygen atoms in total. The van der Waals surface area contributed by atoms with Crippen LogP contribution in [0.2, 0.25) is 0 Å². The zero-order chi connectivity index (χ0) is 26.8. The number of aliphatic hydroxyl groups excluding tert-OH is 1. The van der Waals surface area contributed by atoms with Crippen LogP contribution in [0.25, 0.3) is 21.5 Å². The van der Waals surface area contributed by atoms with Crippen molar-refractivity contribution in [3.8, 4) is 5.75 Å². The van der Waals surface area contributed by atoms with Gasteiger partial charge >= 0.3 is 0 Å². The number of rotatable bonds is 8. The van der Waals surface area contributed by atoms with Gasteiger partial charge in [0.15, 0.2) is 5.69 Å². The number of amides is 1. The van der Waals surface area contributed by atoms with Crippen LogP contribution in [-0.2, 0) is 32.6 Å². The SMILES string of the molecule is COc1ccc(CN2CCc3c(c(C(=O)NCc4cccc5ccccc45)nn3CCO)C2)c2ccccc12. The Morgan fingerprint density at radius 2 is 1.72 bits per heavy atom. The topological polar surface area (TPSA) is 79.6 Å². The second-order valence-corrected chi connectivity index (χ2v) is 9.97. The van der Waals surface area contributed by atoms with E-state index >= 15 is 0 Å². The highest BCUT2D eigenvalue weighted by molar-refractivity contribution is 5.95. The van der Waals surface area contributed by atoms with Gasteiger partial charge in [-0.05, 0) is 33.4 Å². The number of fused-ring (bicyclic) bond motifs is 3. The molecule has 198 valence electrons. The van der Waals surface area contributed by atoms with E-state index in [4.69, 9.17) is 4.74 Å². The molecule has 7 heteroatoms. The summed E-state index contributed by atoms with van der Waals surface area (Å²) in [6.07, 6.45) is 0.771. The normalized spacial score (nSPS) is 13.5. The average Bonchev–Trinajstić information content (AvgIpc) is 3.34. The van der Waals surface area contributed by atoms with Crippen LogP contribution < -0.4 is 10.1 Å². The maximum Gasteiger partial charge on any atom is 0.272 e. The van der Waals surface area contributed by atoms with Crippen LogP contribution >= 0.6 is 0 Å². The lowest BCUT2D eigenvalue weighted by atomic mass is 10.0. The molecule has 5 aromatic rings. The highest BCUT2D eigenvalue weighted by atomic mass is 16.5. The van der Waals surface area contributed by atoms with E-state index in [0.717, 1.165) is 58.2 Å². The number of nitrogens with zero attached hydrogens (tertiary/aromatic N) is 3. The van der Waals surface area contributed by atoms with E-state index in [1.54, 1.807) is 7.11 Å². The fourth-order valence-corrected chi connectivity index (χ4v) is 5.74. The van der Waals surface area contributed by atoms with Gasteiger partial charge in [-0.1, -0.05) is 72.8 Å². The van der Waals surface area contributed by atoms with Crippen molar-refractivity contribution in [2.45, 2.75) is 32.6 Å². The van der Waals surface area contributed by atoms with E-state index in [2.05, 4.69) is 57.8 Å². The molecule has 1 aromatic heterocycles. The summed E-state index contributed by atoms with van der Waals surface area (Å²) in [5.41, 5.74) is 4.72. The number of hydrogen-bond acceptors (Lipinski definition) is 5. The summed E-state index contributed by atoms with van der Waals surface area (Å²) in [6, 6.07) is 26.8. The van der Waals surface area contributed by atoms with E-state index < -0.39 is 0 Å². The van der Waals surface area contributed by atoms with Crippen LogP contribution in [0, 0.1) is 0 Å². The number of aliphatic hydroxyl groups is 1. The van der Waals surface area contributed by atoms with Crippen molar-refractivity contribution in [1.82, 2.24) is 20.0 Å². The molecule has 0 radical (unpaired) electrons. The van der Waals surface area contributed by atoms with Crippen LogP contribution in [0.1, 0.15) is 32.9 Å². The Morgan fingerprint density at radius 1 is 0.949 bits per heavy atom. The second kappa shape index (κ2) is 10.9. The summed E-state index contributed by atoms with van der Waals surface area (Å²) < 4.78 is 7.38. The van der Waals surface area contributed by atoms with E-state index in [9.17, 15) is 9.90 Å². The van der Waals surface area contributed by atoms with Gasteiger partial charge in [0.25, 0.3) is 5.91 Å². The highest BCUT2D eigenvalue weighted by Crippen LogP contribution is 2.31. The molecule has 1 aliphatic rings. The highest BCUT2D eigenvalue weighted by Gasteiger charge is 2.28. The Hall–Kier alpha value is -4.20. The van der Waals surface area contributed by atoms with Gasteiger partial charge in [0.05, 0.1) is 20.3 Å². The van der Waals surface area contributed by atoms with E-state index in [1.165, 1.54) is 10.9 Å². The van der Waals surface area contributed by atoms with Crippen LogP contribution in [0.3, 0.4) is 0 Å². The van der Waals surface area contributed by atoms with Crippen LogP contribution in [0.15, 0.2) is 78.9 Å². The fourth-order valence-electron chi connectivity index (χ4n) is 5.74. The van der Waals surface area contributed by atoms with Gasteiger partial charge in [0.2, 0.25) is 0 Å². The van der Waals surface area contributed by atoms with Crippen molar-refractivity contribution in [3.63, 3.8) is 0 Å². The largest absolute Gasteiger partial charge is 0.496 e. The summed E-state index contributed by atoms with van der Waals surface area (Å²) in [7, 11) is 1.70. The Bertz CT molecular complexity index is 1650. The van der Waals surface area contributed by atoms with Crippen molar-refractivity contribution in [2.24, 2.45) is 0 Å². The monoisotopic (exact) mass is 520 g/mol. The summed E-state index contributed by atoms with van der Waals surface area (Å²) in [5.74, 6) is 0.679. The summed E-state index contributed by atoms with van der Waals surface area (Å²) in [4.78, 5) is 15.8. The van der Waals surface area contributed by atoms with Crippen LogP contribution in [0.4, 0.5) is 0 Å². The van der Waals surface area contributed by atoms with Gasteiger partial charge in [-0.25, -0.2) is 0 Å². The van der Waals surface area contributed by atoms with Gasteiger partial charge < -0.3 is 15.2 Å². The van der Waals surface area contributed by atoms with E-state index in [0.29, 0.717) is 25.3 Å². The Morgan fingerprint density at radius 3 is 2.54 bits per heavy atom.